The van der Waals surface area contributed by atoms with Crippen molar-refractivity contribution in [2.24, 2.45) is 5.73 Å². The lowest BCUT2D eigenvalue weighted by Gasteiger charge is -2.26. The minimum Gasteiger partial charge on any atom is -0.336 e. The van der Waals surface area contributed by atoms with Gasteiger partial charge in [0.25, 0.3) is 0 Å². The molecule has 1 rings (SSSR count). The molecule has 2 N–H and O–H groups in total. The van der Waals surface area contributed by atoms with Gasteiger partial charge in [-0.15, -0.1) is 0 Å². The number of halogens is 3. The fraction of sp³-hybridized carbons (Fsp3) is 0.727. The standard InChI is InChI=1S/C11H19F3N4/c1-9(2)18(7-11(12,13)14)6-10-5-17(4-3-15)8-16-10/h5,8-9H,3-4,6-7,15H2,1-2H3. The van der Waals surface area contributed by atoms with E-state index in [0.717, 1.165) is 0 Å². The molecule has 0 aliphatic rings. The molecule has 4 nitrogen and oxygen atoms in total. The lowest BCUT2D eigenvalue weighted by molar-refractivity contribution is -0.151. The average molecular weight is 264 g/mol. The fourth-order valence-corrected chi connectivity index (χ4v) is 1.62. The Balaban J connectivity index is 2.65. The molecule has 0 atom stereocenters. The predicted molar refractivity (Wildman–Crippen MR) is 62.9 cm³/mol. The summed E-state index contributed by atoms with van der Waals surface area (Å²) in [6.07, 6.45) is -0.864. The second kappa shape index (κ2) is 6.19. The molecule has 0 aliphatic heterocycles. The van der Waals surface area contributed by atoms with Crippen molar-refractivity contribution in [1.82, 2.24) is 14.5 Å². The Labute approximate surface area is 105 Å². The number of nitrogens with zero attached hydrogens (tertiary/aromatic N) is 3. The Morgan fingerprint density at radius 1 is 1.44 bits per heavy atom. The van der Waals surface area contributed by atoms with Gasteiger partial charge in [-0.05, 0) is 13.8 Å². The van der Waals surface area contributed by atoms with Crippen LogP contribution in [0.3, 0.4) is 0 Å². The minimum absolute atomic E-state index is 0.189. The smallest absolute Gasteiger partial charge is 0.336 e. The van der Waals surface area contributed by atoms with Gasteiger partial charge in [-0.2, -0.15) is 13.2 Å². The van der Waals surface area contributed by atoms with Crippen LogP contribution in [-0.4, -0.2) is 39.8 Å². The molecule has 0 bridgehead atoms. The van der Waals surface area contributed by atoms with Crippen LogP contribution < -0.4 is 5.73 Å². The Hall–Kier alpha value is -1.08. The van der Waals surface area contributed by atoms with Crippen LogP contribution in [0.4, 0.5) is 13.2 Å². The maximum atomic E-state index is 12.4. The van der Waals surface area contributed by atoms with Gasteiger partial charge in [0.2, 0.25) is 0 Å². The zero-order valence-corrected chi connectivity index (χ0v) is 10.6. The summed E-state index contributed by atoms with van der Waals surface area (Å²) >= 11 is 0. The van der Waals surface area contributed by atoms with Crippen LogP contribution in [-0.2, 0) is 13.1 Å². The van der Waals surface area contributed by atoms with Crippen LogP contribution in [0, 0.1) is 0 Å². The molecular formula is C11H19F3N4. The molecule has 0 amide bonds. The maximum absolute atomic E-state index is 12.4. The van der Waals surface area contributed by atoms with Crippen LogP contribution >= 0.6 is 0 Å². The monoisotopic (exact) mass is 264 g/mol. The lowest BCUT2D eigenvalue weighted by atomic mass is 10.3. The molecule has 1 aromatic rings. The molecule has 0 spiro atoms. The van der Waals surface area contributed by atoms with Crippen molar-refractivity contribution in [2.75, 3.05) is 13.1 Å². The molecule has 0 aliphatic carbocycles. The normalized spacial score (nSPS) is 12.7. The summed E-state index contributed by atoms with van der Waals surface area (Å²) in [6, 6.07) is -0.189. The van der Waals surface area contributed by atoms with Crippen molar-refractivity contribution >= 4 is 0 Å². The molecule has 0 saturated carbocycles. The second-order valence-electron chi connectivity index (χ2n) is 4.51. The molecule has 0 aromatic carbocycles. The van der Waals surface area contributed by atoms with E-state index < -0.39 is 12.7 Å². The predicted octanol–water partition coefficient (Wildman–Crippen LogP) is 1.61. The zero-order chi connectivity index (χ0) is 13.8. The van der Waals surface area contributed by atoms with Crippen LogP contribution in [0.25, 0.3) is 0 Å². The van der Waals surface area contributed by atoms with Crippen LogP contribution in [0.2, 0.25) is 0 Å². The Morgan fingerprint density at radius 2 is 2.11 bits per heavy atom. The van der Waals surface area contributed by atoms with Gasteiger partial charge >= 0.3 is 6.18 Å². The number of hydrogen-bond acceptors (Lipinski definition) is 3. The highest BCUT2D eigenvalue weighted by Crippen LogP contribution is 2.19. The number of alkyl halides is 3. The third-order valence-corrected chi connectivity index (χ3v) is 2.55. The van der Waals surface area contributed by atoms with Gasteiger partial charge in [-0.1, -0.05) is 0 Å². The molecule has 1 heterocycles. The SMILES string of the molecule is CC(C)N(Cc1cn(CCN)cn1)CC(F)(F)F. The van der Waals surface area contributed by atoms with Gasteiger partial charge < -0.3 is 10.3 Å². The Kier molecular flexibility index (Phi) is 5.15. The number of imidazole rings is 1. The molecule has 0 fully saturated rings. The first kappa shape index (κ1) is 15.0. The van der Waals surface area contributed by atoms with Gasteiger partial charge in [0.15, 0.2) is 0 Å². The second-order valence-corrected chi connectivity index (χ2v) is 4.51. The molecule has 0 saturated heterocycles. The van der Waals surface area contributed by atoms with E-state index in [9.17, 15) is 13.2 Å². The van der Waals surface area contributed by atoms with Gasteiger partial charge in [0.05, 0.1) is 18.6 Å². The third kappa shape index (κ3) is 5.05. The number of rotatable bonds is 6. The largest absolute Gasteiger partial charge is 0.401 e. The van der Waals surface area contributed by atoms with E-state index in [0.29, 0.717) is 18.8 Å². The quantitative estimate of drug-likeness (QED) is 0.849. The highest BCUT2D eigenvalue weighted by Gasteiger charge is 2.31. The summed E-state index contributed by atoms with van der Waals surface area (Å²) in [7, 11) is 0. The number of aromatic nitrogens is 2. The maximum Gasteiger partial charge on any atom is 0.401 e. The molecular weight excluding hydrogens is 245 g/mol. The van der Waals surface area contributed by atoms with Crippen LogP contribution in [0.5, 0.6) is 0 Å². The first-order chi connectivity index (χ1) is 8.31. The van der Waals surface area contributed by atoms with Gasteiger partial charge in [-0.25, -0.2) is 4.98 Å². The van der Waals surface area contributed by atoms with Crippen molar-refractivity contribution in [1.29, 1.82) is 0 Å². The number of hydrogen-bond donors (Lipinski definition) is 1. The first-order valence-corrected chi connectivity index (χ1v) is 5.83. The van der Waals surface area contributed by atoms with E-state index >= 15 is 0 Å². The van der Waals surface area contributed by atoms with Gasteiger partial charge in [0, 0.05) is 31.9 Å². The van der Waals surface area contributed by atoms with Crippen molar-refractivity contribution in [2.45, 2.75) is 39.2 Å². The summed E-state index contributed by atoms with van der Waals surface area (Å²) in [4.78, 5) is 5.43. The minimum atomic E-state index is -4.19. The van der Waals surface area contributed by atoms with Crippen LogP contribution in [0.15, 0.2) is 12.5 Å². The summed E-state index contributed by atoms with van der Waals surface area (Å²) in [5.41, 5.74) is 6.02. The summed E-state index contributed by atoms with van der Waals surface area (Å²) in [5, 5.41) is 0. The third-order valence-electron chi connectivity index (χ3n) is 2.55. The van der Waals surface area contributed by atoms with Crippen molar-refractivity contribution in [3.05, 3.63) is 18.2 Å². The Morgan fingerprint density at radius 3 is 2.61 bits per heavy atom. The average Bonchev–Trinajstić information content (AvgIpc) is 2.63. The molecule has 0 radical (unpaired) electrons. The Bertz CT molecular complexity index is 359. The lowest BCUT2D eigenvalue weighted by Crippen LogP contribution is -2.38. The fourth-order valence-electron chi connectivity index (χ4n) is 1.62. The summed E-state index contributed by atoms with van der Waals surface area (Å²) in [6.45, 7) is 3.84. The van der Waals surface area contributed by atoms with Gasteiger partial charge in [0.1, 0.15) is 0 Å². The van der Waals surface area contributed by atoms with E-state index in [1.54, 1.807) is 30.9 Å². The van der Waals surface area contributed by atoms with E-state index in [-0.39, 0.29) is 12.6 Å². The van der Waals surface area contributed by atoms with Crippen molar-refractivity contribution in [3.63, 3.8) is 0 Å². The summed E-state index contributed by atoms with van der Waals surface area (Å²) < 4.78 is 39.0. The van der Waals surface area contributed by atoms with E-state index in [1.807, 2.05) is 0 Å². The topological polar surface area (TPSA) is 47.1 Å². The molecule has 18 heavy (non-hydrogen) atoms. The molecule has 1 aromatic heterocycles. The van der Waals surface area contributed by atoms with E-state index in [4.69, 9.17) is 5.73 Å². The highest BCUT2D eigenvalue weighted by molar-refractivity contribution is 4.97. The highest BCUT2D eigenvalue weighted by atomic mass is 19.4. The molecule has 7 heteroatoms. The molecule has 0 unspecified atom stereocenters. The first-order valence-electron chi connectivity index (χ1n) is 5.83. The van der Waals surface area contributed by atoms with Crippen molar-refractivity contribution in [3.8, 4) is 0 Å². The van der Waals surface area contributed by atoms with Crippen molar-refractivity contribution < 1.29 is 13.2 Å². The zero-order valence-electron chi connectivity index (χ0n) is 10.6. The molecule has 104 valence electrons. The van der Waals surface area contributed by atoms with E-state index in [1.165, 1.54) is 4.90 Å². The van der Waals surface area contributed by atoms with Gasteiger partial charge in [-0.3, -0.25) is 4.90 Å². The summed E-state index contributed by atoms with van der Waals surface area (Å²) in [5.74, 6) is 0. The number of nitrogens with two attached hydrogens (primary N) is 1. The van der Waals surface area contributed by atoms with Crippen LogP contribution in [0.1, 0.15) is 19.5 Å². The van der Waals surface area contributed by atoms with E-state index in [2.05, 4.69) is 4.98 Å².